The van der Waals surface area contributed by atoms with E-state index in [0.717, 1.165) is 31.4 Å². The lowest BCUT2D eigenvalue weighted by atomic mass is 10.1. The predicted octanol–water partition coefficient (Wildman–Crippen LogP) is 3.41. The zero-order chi connectivity index (χ0) is 15.7. The molecule has 6 heteroatoms. The topological polar surface area (TPSA) is 49.4 Å². The van der Waals surface area contributed by atoms with Gasteiger partial charge in [0.2, 0.25) is 11.8 Å². The van der Waals surface area contributed by atoms with Gasteiger partial charge in [-0.1, -0.05) is 36.0 Å². The minimum Gasteiger partial charge on any atom is -0.344 e. The fourth-order valence-electron chi connectivity index (χ4n) is 3.20. The monoisotopic (exact) mass is 340 g/mol. The van der Waals surface area contributed by atoms with Gasteiger partial charge in [0, 0.05) is 18.2 Å². The first-order chi connectivity index (χ1) is 10.6. The molecule has 0 radical (unpaired) electrons. The third kappa shape index (κ3) is 3.08. The summed E-state index contributed by atoms with van der Waals surface area (Å²) >= 11 is 11.9. The minimum atomic E-state index is -0.428. The number of amides is 2. The number of carbonyl (C=O) groups excluding carboxylic acids is 2. The molecule has 1 aliphatic heterocycles. The summed E-state index contributed by atoms with van der Waals surface area (Å²) in [5, 5.41) is 3.79. The van der Waals surface area contributed by atoms with Crippen molar-refractivity contribution in [2.24, 2.45) is 5.92 Å². The van der Waals surface area contributed by atoms with Crippen molar-refractivity contribution in [3.8, 4) is 0 Å². The summed E-state index contributed by atoms with van der Waals surface area (Å²) in [7, 11) is 0. The van der Waals surface area contributed by atoms with Crippen molar-refractivity contribution < 1.29 is 9.59 Å². The van der Waals surface area contributed by atoms with Gasteiger partial charge in [-0.2, -0.15) is 0 Å². The number of nitrogens with one attached hydrogen (secondary N) is 1. The van der Waals surface area contributed by atoms with E-state index >= 15 is 0 Å². The normalized spacial score (nSPS) is 22.4. The second kappa shape index (κ2) is 6.47. The molecule has 22 heavy (non-hydrogen) atoms. The molecule has 118 valence electrons. The standard InChI is InChI=1S/C16H18Cl2N2O2/c17-12-6-5-11(9-13(12)18)20-8-7-14(16(20)22)19-15(21)10-3-1-2-4-10/h5-6,9-10,14H,1-4,7-8H2,(H,19,21). The molecule has 0 bridgehead atoms. The summed E-state index contributed by atoms with van der Waals surface area (Å²) in [5.74, 6) is 0.0170. The highest BCUT2D eigenvalue weighted by Gasteiger charge is 2.35. The van der Waals surface area contributed by atoms with Crippen LogP contribution in [0.5, 0.6) is 0 Å². The third-order valence-corrected chi connectivity index (χ3v) is 5.20. The molecule has 4 nitrogen and oxygen atoms in total. The van der Waals surface area contributed by atoms with Crippen LogP contribution < -0.4 is 10.2 Å². The zero-order valence-corrected chi connectivity index (χ0v) is 13.7. The maximum Gasteiger partial charge on any atom is 0.249 e. The number of anilines is 1. The molecule has 0 spiro atoms. The molecule has 1 N–H and O–H groups in total. The summed E-state index contributed by atoms with van der Waals surface area (Å²) in [4.78, 5) is 26.3. The van der Waals surface area contributed by atoms with E-state index in [2.05, 4.69) is 5.32 Å². The van der Waals surface area contributed by atoms with E-state index in [1.807, 2.05) is 0 Å². The quantitative estimate of drug-likeness (QED) is 0.916. The lowest BCUT2D eigenvalue weighted by molar-refractivity contribution is -0.129. The van der Waals surface area contributed by atoms with Crippen molar-refractivity contribution in [2.75, 3.05) is 11.4 Å². The molecule has 1 aromatic carbocycles. The Bertz CT molecular complexity index is 600. The van der Waals surface area contributed by atoms with Gasteiger partial charge in [0.15, 0.2) is 0 Å². The van der Waals surface area contributed by atoms with Crippen LogP contribution in [0.3, 0.4) is 0 Å². The van der Waals surface area contributed by atoms with Gasteiger partial charge in [0.05, 0.1) is 10.0 Å². The van der Waals surface area contributed by atoms with Crippen LogP contribution in [0.1, 0.15) is 32.1 Å². The second-order valence-electron chi connectivity index (χ2n) is 5.92. The predicted molar refractivity (Wildman–Crippen MR) is 87.3 cm³/mol. The molecule has 2 aliphatic rings. The van der Waals surface area contributed by atoms with E-state index in [1.54, 1.807) is 23.1 Å². The molecule has 1 aromatic rings. The molecule has 1 aliphatic carbocycles. The largest absolute Gasteiger partial charge is 0.344 e. The van der Waals surface area contributed by atoms with E-state index in [0.29, 0.717) is 23.0 Å². The van der Waals surface area contributed by atoms with Crippen LogP contribution in [0.2, 0.25) is 10.0 Å². The van der Waals surface area contributed by atoms with Crippen molar-refractivity contribution in [2.45, 2.75) is 38.1 Å². The first kappa shape index (κ1) is 15.6. The molecule has 3 rings (SSSR count). The van der Waals surface area contributed by atoms with Gasteiger partial charge in [0.25, 0.3) is 0 Å². The van der Waals surface area contributed by atoms with Crippen molar-refractivity contribution in [3.05, 3.63) is 28.2 Å². The van der Waals surface area contributed by atoms with Gasteiger partial charge in [-0.05, 0) is 37.5 Å². The summed E-state index contributed by atoms with van der Waals surface area (Å²) in [6.07, 6.45) is 4.70. The van der Waals surface area contributed by atoms with Crippen LogP contribution in [0, 0.1) is 5.92 Å². The van der Waals surface area contributed by atoms with E-state index in [-0.39, 0.29) is 17.7 Å². The molecule has 2 fully saturated rings. The van der Waals surface area contributed by atoms with Crippen molar-refractivity contribution >= 4 is 40.7 Å². The summed E-state index contributed by atoms with van der Waals surface area (Å²) in [6.45, 7) is 0.576. The average Bonchev–Trinajstić information content (AvgIpc) is 3.13. The van der Waals surface area contributed by atoms with Crippen molar-refractivity contribution in [1.82, 2.24) is 5.32 Å². The Morgan fingerprint density at radius 3 is 2.55 bits per heavy atom. The van der Waals surface area contributed by atoms with Crippen LogP contribution in [0.15, 0.2) is 18.2 Å². The molecular formula is C16H18Cl2N2O2. The number of hydrogen-bond acceptors (Lipinski definition) is 2. The maximum absolute atomic E-state index is 12.5. The number of hydrogen-bond donors (Lipinski definition) is 1. The first-order valence-electron chi connectivity index (χ1n) is 7.63. The highest BCUT2D eigenvalue weighted by molar-refractivity contribution is 6.42. The Morgan fingerprint density at radius 2 is 1.86 bits per heavy atom. The molecule has 1 atom stereocenters. The van der Waals surface area contributed by atoms with Gasteiger partial charge >= 0.3 is 0 Å². The molecule has 1 saturated heterocycles. The number of halogens is 2. The van der Waals surface area contributed by atoms with Crippen LogP contribution in [0.25, 0.3) is 0 Å². The van der Waals surface area contributed by atoms with Crippen molar-refractivity contribution in [3.63, 3.8) is 0 Å². The van der Waals surface area contributed by atoms with Crippen LogP contribution >= 0.6 is 23.2 Å². The number of rotatable bonds is 3. The highest BCUT2D eigenvalue weighted by atomic mass is 35.5. The Balaban J connectivity index is 1.66. The van der Waals surface area contributed by atoms with Gasteiger partial charge < -0.3 is 10.2 Å². The van der Waals surface area contributed by atoms with Gasteiger partial charge in [-0.15, -0.1) is 0 Å². The number of nitrogens with zero attached hydrogens (tertiary/aromatic N) is 1. The Hall–Kier alpha value is -1.26. The van der Waals surface area contributed by atoms with Gasteiger partial charge in [-0.25, -0.2) is 0 Å². The average molecular weight is 341 g/mol. The molecule has 1 heterocycles. The number of carbonyl (C=O) groups is 2. The fraction of sp³-hybridized carbons (Fsp3) is 0.500. The van der Waals surface area contributed by atoms with E-state index in [9.17, 15) is 9.59 Å². The van der Waals surface area contributed by atoms with Gasteiger partial charge in [0.1, 0.15) is 6.04 Å². The summed E-state index contributed by atoms with van der Waals surface area (Å²) in [5.41, 5.74) is 0.719. The van der Waals surface area contributed by atoms with Crippen molar-refractivity contribution in [1.29, 1.82) is 0 Å². The lowest BCUT2D eigenvalue weighted by Crippen LogP contribution is -2.43. The molecular weight excluding hydrogens is 323 g/mol. The maximum atomic E-state index is 12.5. The van der Waals surface area contributed by atoms with Gasteiger partial charge in [-0.3, -0.25) is 9.59 Å². The minimum absolute atomic E-state index is 0.0202. The SMILES string of the molecule is O=C(NC1CCN(c2ccc(Cl)c(Cl)c2)C1=O)C1CCCC1. The highest BCUT2D eigenvalue weighted by Crippen LogP contribution is 2.30. The second-order valence-corrected chi connectivity index (χ2v) is 6.73. The zero-order valence-electron chi connectivity index (χ0n) is 12.1. The van der Waals surface area contributed by atoms with E-state index in [4.69, 9.17) is 23.2 Å². The Morgan fingerprint density at radius 1 is 1.14 bits per heavy atom. The summed E-state index contributed by atoms with van der Waals surface area (Å²) < 4.78 is 0. The molecule has 2 amide bonds. The van der Waals surface area contributed by atoms with Crippen LogP contribution in [-0.4, -0.2) is 24.4 Å². The number of benzene rings is 1. The Kier molecular flexibility index (Phi) is 4.59. The van der Waals surface area contributed by atoms with Crippen LogP contribution in [-0.2, 0) is 9.59 Å². The molecule has 0 aromatic heterocycles. The third-order valence-electron chi connectivity index (χ3n) is 4.46. The smallest absolute Gasteiger partial charge is 0.249 e. The molecule has 1 unspecified atom stereocenters. The summed E-state index contributed by atoms with van der Waals surface area (Å²) in [6, 6.07) is 4.70. The lowest BCUT2D eigenvalue weighted by Gasteiger charge is -2.18. The fourth-order valence-corrected chi connectivity index (χ4v) is 3.49. The van der Waals surface area contributed by atoms with E-state index < -0.39 is 6.04 Å². The molecule has 1 saturated carbocycles. The Labute approximate surface area is 139 Å². The first-order valence-corrected chi connectivity index (χ1v) is 8.38. The van der Waals surface area contributed by atoms with E-state index in [1.165, 1.54) is 0 Å². The van der Waals surface area contributed by atoms with Crippen LogP contribution in [0.4, 0.5) is 5.69 Å².